The van der Waals surface area contributed by atoms with Crippen molar-refractivity contribution < 1.29 is 9.53 Å². The number of methoxy groups -OCH3 is 1. The Morgan fingerprint density at radius 1 is 1.33 bits per heavy atom. The van der Waals surface area contributed by atoms with Gasteiger partial charge in [0.2, 0.25) is 0 Å². The maximum Gasteiger partial charge on any atom is 0.339 e. The molecule has 0 unspecified atom stereocenters. The van der Waals surface area contributed by atoms with Gasteiger partial charge in [0.1, 0.15) is 0 Å². The van der Waals surface area contributed by atoms with Crippen LogP contribution in [0.2, 0.25) is 0 Å². The SMILES string of the molecule is COC(=O)c1cc(C)ccc1NC1CCN(C(C)C)CC1. The first kappa shape index (κ1) is 15.8. The fraction of sp³-hybridized carbons (Fsp3) is 0.588. The van der Waals surface area contributed by atoms with Gasteiger partial charge in [0, 0.05) is 30.9 Å². The van der Waals surface area contributed by atoms with E-state index in [1.54, 1.807) is 0 Å². The van der Waals surface area contributed by atoms with Crippen molar-refractivity contribution >= 4 is 11.7 Å². The normalized spacial score (nSPS) is 17.0. The Labute approximate surface area is 127 Å². The van der Waals surface area contributed by atoms with E-state index in [1.165, 1.54) is 7.11 Å². The second kappa shape index (κ2) is 6.94. The van der Waals surface area contributed by atoms with E-state index in [-0.39, 0.29) is 5.97 Å². The molecule has 1 N–H and O–H groups in total. The van der Waals surface area contributed by atoms with E-state index in [4.69, 9.17) is 4.74 Å². The zero-order valence-electron chi connectivity index (χ0n) is 13.5. The zero-order valence-corrected chi connectivity index (χ0v) is 13.5. The molecule has 1 heterocycles. The van der Waals surface area contributed by atoms with Crippen LogP contribution in [-0.4, -0.2) is 43.2 Å². The molecule has 0 saturated carbocycles. The molecule has 0 aromatic heterocycles. The van der Waals surface area contributed by atoms with Crippen LogP contribution in [0, 0.1) is 6.92 Å². The van der Waals surface area contributed by atoms with Crippen molar-refractivity contribution in [2.24, 2.45) is 0 Å². The molecule has 1 aromatic carbocycles. The molecule has 1 aliphatic heterocycles. The van der Waals surface area contributed by atoms with Gasteiger partial charge in [-0.05, 0) is 45.7 Å². The number of anilines is 1. The molecule has 0 aliphatic carbocycles. The summed E-state index contributed by atoms with van der Waals surface area (Å²) >= 11 is 0. The summed E-state index contributed by atoms with van der Waals surface area (Å²) in [5, 5.41) is 3.52. The van der Waals surface area contributed by atoms with Crippen molar-refractivity contribution in [3.63, 3.8) is 0 Å². The highest BCUT2D eigenvalue weighted by molar-refractivity contribution is 5.95. The minimum absolute atomic E-state index is 0.277. The van der Waals surface area contributed by atoms with Crippen LogP contribution in [0.3, 0.4) is 0 Å². The topological polar surface area (TPSA) is 41.6 Å². The Bertz CT molecular complexity index is 492. The molecule has 4 nitrogen and oxygen atoms in total. The van der Waals surface area contributed by atoms with Crippen LogP contribution in [0.25, 0.3) is 0 Å². The van der Waals surface area contributed by atoms with Crippen LogP contribution in [0.4, 0.5) is 5.69 Å². The molecule has 0 spiro atoms. The average molecular weight is 290 g/mol. The number of hydrogen-bond donors (Lipinski definition) is 1. The highest BCUT2D eigenvalue weighted by Gasteiger charge is 2.22. The number of ether oxygens (including phenoxy) is 1. The second-order valence-electron chi connectivity index (χ2n) is 6.09. The monoisotopic (exact) mass is 290 g/mol. The van der Waals surface area contributed by atoms with Crippen LogP contribution >= 0.6 is 0 Å². The largest absolute Gasteiger partial charge is 0.465 e. The van der Waals surface area contributed by atoms with E-state index in [0.29, 0.717) is 17.6 Å². The van der Waals surface area contributed by atoms with Crippen LogP contribution < -0.4 is 5.32 Å². The number of nitrogens with one attached hydrogen (secondary N) is 1. The lowest BCUT2D eigenvalue weighted by Crippen LogP contribution is -2.42. The summed E-state index contributed by atoms with van der Waals surface area (Å²) in [5.74, 6) is -0.277. The van der Waals surface area contributed by atoms with Gasteiger partial charge in [0.15, 0.2) is 0 Å². The third-order valence-corrected chi connectivity index (χ3v) is 4.20. The maximum absolute atomic E-state index is 11.9. The van der Waals surface area contributed by atoms with E-state index >= 15 is 0 Å². The van der Waals surface area contributed by atoms with Crippen LogP contribution in [0.15, 0.2) is 18.2 Å². The molecule has 0 bridgehead atoms. The smallest absolute Gasteiger partial charge is 0.339 e. The minimum Gasteiger partial charge on any atom is -0.465 e. The van der Waals surface area contributed by atoms with Crippen LogP contribution in [-0.2, 0) is 4.74 Å². The summed E-state index contributed by atoms with van der Waals surface area (Å²) in [6.45, 7) is 8.67. The third kappa shape index (κ3) is 3.97. The lowest BCUT2D eigenvalue weighted by molar-refractivity contribution is 0.0601. The molecular weight excluding hydrogens is 264 g/mol. The van der Waals surface area contributed by atoms with Crippen molar-refractivity contribution in [3.8, 4) is 0 Å². The first-order chi connectivity index (χ1) is 10.0. The fourth-order valence-corrected chi connectivity index (χ4v) is 2.84. The van der Waals surface area contributed by atoms with Crippen molar-refractivity contribution in [2.75, 3.05) is 25.5 Å². The Morgan fingerprint density at radius 2 is 2.00 bits per heavy atom. The molecule has 1 saturated heterocycles. The number of nitrogens with zero attached hydrogens (tertiary/aromatic N) is 1. The van der Waals surface area contributed by atoms with Crippen molar-refractivity contribution in [1.82, 2.24) is 4.90 Å². The van der Waals surface area contributed by atoms with Gasteiger partial charge in [-0.3, -0.25) is 0 Å². The predicted molar refractivity (Wildman–Crippen MR) is 85.9 cm³/mol. The summed E-state index contributed by atoms with van der Waals surface area (Å²) in [4.78, 5) is 14.4. The Kier molecular flexibility index (Phi) is 5.23. The number of carbonyl (C=O) groups excluding carboxylic acids is 1. The van der Waals surface area contributed by atoms with E-state index in [0.717, 1.165) is 37.2 Å². The van der Waals surface area contributed by atoms with Gasteiger partial charge in [-0.1, -0.05) is 11.6 Å². The van der Waals surface area contributed by atoms with E-state index in [9.17, 15) is 4.79 Å². The molecule has 0 atom stereocenters. The number of hydrogen-bond acceptors (Lipinski definition) is 4. The van der Waals surface area contributed by atoms with Crippen LogP contribution in [0.5, 0.6) is 0 Å². The van der Waals surface area contributed by atoms with Gasteiger partial charge in [0.25, 0.3) is 0 Å². The number of carbonyl (C=O) groups is 1. The summed E-state index contributed by atoms with van der Waals surface area (Å²) in [6.07, 6.45) is 2.21. The predicted octanol–water partition coefficient (Wildman–Crippen LogP) is 3.07. The van der Waals surface area contributed by atoms with Gasteiger partial charge >= 0.3 is 5.97 Å². The molecule has 116 valence electrons. The van der Waals surface area contributed by atoms with Crippen molar-refractivity contribution in [3.05, 3.63) is 29.3 Å². The average Bonchev–Trinajstić information content (AvgIpc) is 2.48. The summed E-state index contributed by atoms with van der Waals surface area (Å²) in [5.41, 5.74) is 2.58. The Morgan fingerprint density at radius 3 is 2.57 bits per heavy atom. The molecule has 0 amide bonds. The Balaban J connectivity index is 2.05. The molecule has 1 aliphatic rings. The lowest BCUT2D eigenvalue weighted by Gasteiger charge is -2.35. The standard InChI is InChI=1S/C17H26N2O2/c1-12(2)19-9-7-14(8-10-19)18-16-6-5-13(3)11-15(16)17(20)21-4/h5-6,11-12,14,18H,7-10H2,1-4H3. The Hall–Kier alpha value is -1.55. The number of rotatable bonds is 4. The molecule has 21 heavy (non-hydrogen) atoms. The number of piperidine rings is 1. The van der Waals surface area contributed by atoms with E-state index in [1.807, 2.05) is 25.1 Å². The molecule has 4 heteroatoms. The molecule has 0 radical (unpaired) electrons. The summed E-state index contributed by atoms with van der Waals surface area (Å²) in [7, 11) is 1.43. The first-order valence-electron chi connectivity index (χ1n) is 7.71. The molecule has 1 fully saturated rings. The van der Waals surface area contributed by atoms with Gasteiger partial charge in [0.05, 0.1) is 12.7 Å². The highest BCUT2D eigenvalue weighted by atomic mass is 16.5. The number of benzene rings is 1. The quantitative estimate of drug-likeness (QED) is 0.865. The minimum atomic E-state index is -0.277. The van der Waals surface area contributed by atoms with Gasteiger partial charge < -0.3 is 15.0 Å². The van der Waals surface area contributed by atoms with Gasteiger partial charge in [-0.25, -0.2) is 4.79 Å². The maximum atomic E-state index is 11.9. The summed E-state index contributed by atoms with van der Waals surface area (Å²) < 4.78 is 4.88. The molecular formula is C17H26N2O2. The third-order valence-electron chi connectivity index (χ3n) is 4.20. The summed E-state index contributed by atoms with van der Waals surface area (Å²) in [6, 6.07) is 6.92. The second-order valence-corrected chi connectivity index (χ2v) is 6.09. The van der Waals surface area contributed by atoms with Crippen molar-refractivity contribution in [1.29, 1.82) is 0 Å². The highest BCUT2D eigenvalue weighted by Crippen LogP contribution is 2.23. The van der Waals surface area contributed by atoms with Crippen molar-refractivity contribution in [2.45, 2.75) is 45.7 Å². The lowest BCUT2D eigenvalue weighted by atomic mass is 10.0. The molecule has 1 aromatic rings. The fourth-order valence-electron chi connectivity index (χ4n) is 2.84. The van der Waals surface area contributed by atoms with Crippen LogP contribution in [0.1, 0.15) is 42.6 Å². The first-order valence-corrected chi connectivity index (χ1v) is 7.71. The number of likely N-dealkylation sites (tertiary alicyclic amines) is 1. The number of esters is 1. The zero-order chi connectivity index (χ0) is 15.4. The van der Waals surface area contributed by atoms with Gasteiger partial charge in [-0.15, -0.1) is 0 Å². The van der Waals surface area contributed by atoms with E-state index < -0.39 is 0 Å². The van der Waals surface area contributed by atoms with E-state index in [2.05, 4.69) is 24.1 Å². The van der Waals surface area contributed by atoms with Gasteiger partial charge in [-0.2, -0.15) is 0 Å². The number of aryl methyl sites for hydroxylation is 1. The molecule has 2 rings (SSSR count).